The van der Waals surface area contributed by atoms with Crippen molar-refractivity contribution in [1.29, 1.82) is 0 Å². The average molecular weight is 487 g/mol. The number of rotatable bonds is 7. The summed E-state index contributed by atoms with van der Waals surface area (Å²) in [4.78, 5) is 30.8. The minimum absolute atomic E-state index is 0.237. The van der Waals surface area contributed by atoms with Gasteiger partial charge in [-0.1, -0.05) is 12.2 Å². The number of hydrogen-bond acceptors (Lipinski definition) is 7. The van der Waals surface area contributed by atoms with Gasteiger partial charge in [0.1, 0.15) is 5.75 Å². The number of benzene rings is 2. The molecule has 2 aromatic carbocycles. The summed E-state index contributed by atoms with van der Waals surface area (Å²) >= 11 is 0. The first-order chi connectivity index (χ1) is 17.3. The lowest BCUT2D eigenvalue weighted by molar-refractivity contribution is -0.147. The number of esters is 1. The van der Waals surface area contributed by atoms with Gasteiger partial charge in [-0.25, -0.2) is 4.79 Å². The molecule has 0 spiro atoms. The second-order valence-corrected chi connectivity index (χ2v) is 8.77. The van der Waals surface area contributed by atoms with E-state index in [9.17, 15) is 9.59 Å². The number of ether oxygens (including phenoxy) is 4. The molecule has 5 aromatic rings. The first-order valence-electron chi connectivity index (χ1n) is 11.5. The van der Waals surface area contributed by atoms with Gasteiger partial charge in [-0.2, -0.15) is 0 Å². The van der Waals surface area contributed by atoms with E-state index in [-0.39, 0.29) is 5.56 Å². The van der Waals surface area contributed by atoms with Gasteiger partial charge < -0.3 is 18.9 Å². The van der Waals surface area contributed by atoms with Crippen LogP contribution in [0.4, 0.5) is 0 Å². The molecule has 0 saturated heterocycles. The Morgan fingerprint density at radius 2 is 1.78 bits per heavy atom. The topological polar surface area (TPSA) is 88.4 Å². The van der Waals surface area contributed by atoms with E-state index >= 15 is 0 Å². The number of carbonyl (C=O) groups is 1. The second kappa shape index (κ2) is 8.71. The maximum atomic E-state index is 14.0. The van der Waals surface area contributed by atoms with Crippen molar-refractivity contribution in [2.24, 2.45) is 0 Å². The number of allylic oxidation sites excluding steroid dienone is 1. The van der Waals surface area contributed by atoms with E-state index in [0.29, 0.717) is 51.0 Å². The van der Waals surface area contributed by atoms with Crippen LogP contribution < -0.4 is 19.8 Å². The maximum Gasteiger partial charge on any atom is 0.346 e. The molecule has 0 saturated carbocycles. The molecule has 8 heteroatoms. The second-order valence-electron chi connectivity index (χ2n) is 8.77. The molecule has 0 radical (unpaired) electrons. The Kier molecular flexibility index (Phi) is 5.67. The first-order valence-corrected chi connectivity index (χ1v) is 11.5. The molecular weight excluding hydrogens is 460 g/mol. The fourth-order valence-electron chi connectivity index (χ4n) is 4.95. The zero-order valence-electron chi connectivity index (χ0n) is 20.8. The molecule has 3 heterocycles. The Hall–Kier alpha value is -4.33. The molecule has 0 fully saturated rings. The number of nitrogens with zero attached hydrogens (tertiary/aromatic N) is 2. The summed E-state index contributed by atoms with van der Waals surface area (Å²) in [6.07, 6.45) is 1.42. The zero-order valence-corrected chi connectivity index (χ0v) is 20.8. The average Bonchev–Trinajstić information content (AvgIpc) is 3.22. The molecule has 8 nitrogen and oxygen atoms in total. The summed E-state index contributed by atoms with van der Waals surface area (Å²) in [5.74, 6) is 0.881. The van der Waals surface area contributed by atoms with Crippen molar-refractivity contribution < 1.29 is 23.7 Å². The lowest BCUT2D eigenvalue weighted by atomic mass is 9.99. The van der Waals surface area contributed by atoms with Gasteiger partial charge in [0.05, 0.1) is 43.3 Å². The maximum absolute atomic E-state index is 14.0. The van der Waals surface area contributed by atoms with Crippen molar-refractivity contribution in [3.05, 3.63) is 64.6 Å². The number of methoxy groups -OCH3 is 3. The van der Waals surface area contributed by atoms with Crippen LogP contribution in [0.5, 0.6) is 17.2 Å². The smallest absolute Gasteiger partial charge is 0.346 e. The summed E-state index contributed by atoms with van der Waals surface area (Å²) in [6.45, 7) is 7.66. The summed E-state index contributed by atoms with van der Waals surface area (Å²) in [5.41, 5.74) is 3.58. The van der Waals surface area contributed by atoms with Crippen molar-refractivity contribution in [2.75, 3.05) is 21.3 Å². The standard InChI is InChI=1S/C28H26N2O6/c1-14(2)13-18-20(36-15(3)28(32)35-6)10-8-19-22(18)17-11-12-29-24-16-7-9-21(33-4)26(34-5)23(16)27(31)30(19)25(17)24/h7-12,15H,1,13H2,2-6H3/t15-/m1/s1. The van der Waals surface area contributed by atoms with Gasteiger partial charge in [-0.05, 0) is 50.6 Å². The third-order valence-electron chi connectivity index (χ3n) is 6.44. The Labute approximate surface area is 207 Å². The predicted octanol–water partition coefficient (Wildman–Crippen LogP) is 4.67. The Morgan fingerprint density at radius 1 is 1.03 bits per heavy atom. The Morgan fingerprint density at radius 3 is 2.44 bits per heavy atom. The van der Waals surface area contributed by atoms with Crippen LogP contribution in [0.3, 0.4) is 0 Å². The largest absolute Gasteiger partial charge is 0.493 e. The molecule has 184 valence electrons. The summed E-state index contributed by atoms with van der Waals surface area (Å²) in [5, 5.41) is 2.77. The highest BCUT2D eigenvalue weighted by molar-refractivity contribution is 6.20. The minimum atomic E-state index is -0.805. The van der Waals surface area contributed by atoms with Crippen LogP contribution in [0.15, 0.2) is 53.5 Å². The van der Waals surface area contributed by atoms with E-state index in [4.69, 9.17) is 18.9 Å². The third kappa shape index (κ3) is 3.32. The highest BCUT2D eigenvalue weighted by Crippen LogP contribution is 2.41. The summed E-state index contributed by atoms with van der Waals surface area (Å²) in [7, 11) is 4.37. The van der Waals surface area contributed by atoms with E-state index < -0.39 is 12.1 Å². The molecular formula is C28H26N2O6. The van der Waals surface area contributed by atoms with Gasteiger partial charge >= 0.3 is 5.97 Å². The number of hydrogen-bond donors (Lipinski definition) is 0. The quantitative estimate of drug-likeness (QED) is 0.188. The Balaban J connectivity index is 1.96. The summed E-state index contributed by atoms with van der Waals surface area (Å²) < 4.78 is 23.6. The molecule has 5 rings (SSSR count). The molecule has 36 heavy (non-hydrogen) atoms. The van der Waals surface area contributed by atoms with Gasteiger partial charge in [-0.15, -0.1) is 0 Å². The number of aromatic nitrogens is 2. The summed E-state index contributed by atoms with van der Waals surface area (Å²) in [6, 6.07) is 9.11. The van der Waals surface area contributed by atoms with Crippen LogP contribution >= 0.6 is 0 Å². The fourth-order valence-corrected chi connectivity index (χ4v) is 4.95. The Bertz CT molecular complexity index is 1740. The van der Waals surface area contributed by atoms with Crippen molar-refractivity contribution in [1.82, 2.24) is 9.38 Å². The van der Waals surface area contributed by atoms with E-state index in [1.54, 1.807) is 29.7 Å². The van der Waals surface area contributed by atoms with Gasteiger partial charge in [0.2, 0.25) is 0 Å². The molecule has 0 aliphatic carbocycles. The number of fused-ring (bicyclic) bond motifs is 5. The van der Waals surface area contributed by atoms with Gasteiger partial charge in [0, 0.05) is 27.9 Å². The van der Waals surface area contributed by atoms with Crippen LogP contribution in [0.2, 0.25) is 0 Å². The van der Waals surface area contributed by atoms with Crippen LogP contribution in [0, 0.1) is 0 Å². The van der Waals surface area contributed by atoms with Gasteiger partial charge in [0.25, 0.3) is 5.56 Å². The molecule has 0 unspecified atom stereocenters. The molecule has 0 aliphatic heterocycles. The van der Waals surface area contributed by atoms with Gasteiger partial charge in [0.15, 0.2) is 17.6 Å². The molecule has 0 N–H and O–H groups in total. The minimum Gasteiger partial charge on any atom is -0.493 e. The normalized spacial score (nSPS) is 12.4. The number of pyridine rings is 2. The first kappa shape index (κ1) is 23.4. The fraction of sp³-hybridized carbons (Fsp3) is 0.250. The van der Waals surface area contributed by atoms with E-state index in [1.807, 2.05) is 25.1 Å². The van der Waals surface area contributed by atoms with Crippen molar-refractivity contribution in [2.45, 2.75) is 26.4 Å². The van der Waals surface area contributed by atoms with Crippen LogP contribution in [0.1, 0.15) is 19.4 Å². The highest BCUT2D eigenvalue weighted by Gasteiger charge is 2.25. The molecule has 1 atom stereocenters. The van der Waals surface area contributed by atoms with Crippen molar-refractivity contribution in [3.8, 4) is 17.2 Å². The lowest BCUT2D eigenvalue weighted by Crippen LogP contribution is -2.25. The van der Waals surface area contributed by atoms with Crippen molar-refractivity contribution >= 4 is 44.1 Å². The van der Waals surface area contributed by atoms with Crippen LogP contribution in [-0.2, 0) is 16.0 Å². The molecule has 0 aliphatic rings. The van der Waals surface area contributed by atoms with Crippen LogP contribution in [-0.4, -0.2) is 42.8 Å². The number of carbonyl (C=O) groups excluding carboxylic acids is 1. The predicted molar refractivity (Wildman–Crippen MR) is 139 cm³/mol. The van der Waals surface area contributed by atoms with E-state index in [2.05, 4.69) is 11.6 Å². The van der Waals surface area contributed by atoms with Crippen LogP contribution in [0.25, 0.3) is 38.1 Å². The highest BCUT2D eigenvalue weighted by atomic mass is 16.6. The SMILES string of the molecule is C=C(C)Cc1c(O[C@H](C)C(=O)OC)ccc2c1c1ccnc3c4ccc(OC)c(OC)c4c(=O)n2c13. The molecule has 0 amide bonds. The zero-order chi connectivity index (χ0) is 25.7. The van der Waals surface area contributed by atoms with E-state index in [0.717, 1.165) is 21.9 Å². The van der Waals surface area contributed by atoms with E-state index in [1.165, 1.54) is 21.3 Å². The van der Waals surface area contributed by atoms with Gasteiger partial charge in [-0.3, -0.25) is 14.2 Å². The third-order valence-corrected chi connectivity index (χ3v) is 6.44. The lowest BCUT2D eigenvalue weighted by Gasteiger charge is -2.17. The molecule has 0 bridgehead atoms. The molecule has 3 aromatic heterocycles. The van der Waals surface area contributed by atoms with Crippen molar-refractivity contribution in [3.63, 3.8) is 0 Å². The monoisotopic (exact) mass is 486 g/mol.